The quantitative estimate of drug-likeness (QED) is 0.378. The molecule has 152 valence electrons. The van der Waals surface area contributed by atoms with Gasteiger partial charge in [0.2, 0.25) is 0 Å². The van der Waals surface area contributed by atoms with Crippen LogP contribution in [0.3, 0.4) is 0 Å². The molecule has 0 saturated carbocycles. The molecule has 0 aliphatic rings. The number of carbonyl (C=O) groups is 2. The molecule has 7 nitrogen and oxygen atoms in total. The molecule has 1 heterocycles. The van der Waals surface area contributed by atoms with Gasteiger partial charge in [-0.25, -0.2) is 10.1 Å². The summed E-state index contributed by atoms with van der Waals surface area (Å²) >= 11 is 0. The Labute approximate surface area is 178 Å². The lowest BCUT2D eigenvalue weighted by Crippen LogP contribution is -2.21. The van der Waals surface area contributed by atoms with Crippen LogP contribution in [0, 0.1) is 0 Å². The van der Waals surface area contributed by atoms with Crippen molar-refractivity contribution in [3.8, 4) is 5.69 Å². The van der Waals surface area contributed by atoms with Crippen LogP contribution >= 0.6 is 0 Å². The number of nitrogens with one attached hydrogen (secondary N) is 1. The topological polar surface area (TPSA) is 102 Å². The van der Waals surface area contributed by atoms with Crippen LogP contribution in [0.5, 0.6) is 0 Å². The summed E-state index contributed by atoms with van der Waals surface area (Å²) in [5, 5.41) is 8.61. The van der Waals surface area contributed by atoms with Crippen LogP contribution in [0.25, 0.3) is 5.69 Å². The minimum absolute atomic E-state index is 0.0295. The van der Waals surface area contributed by atoms with Gasteiger partial charge in [0, 0.05) is 17.2 Å². The second kappa shape index (κ2) is 8.87. The fourth-order valence-electron chi connectivity index (χ4n) is 3.09. The molecule has 1 aromatic heterocycles. The van der Waals surface area contributed by atoms with Crippen molar-refractivity contribution < 1.29 is 9.59 Å². The highest BCUT2D eigenvalue weighted by Crippen LogP contribution is 2.13. The third kappa shape index (κ3) is 4.40. The maximum atomic E-state index is 12.8. The van der Waals surface area contributed by atoms with Crippen LogP contribution in [-0.2, 0) is 0 Å². The van der Waals surface area contributed by atoms with Crippen molar-refractivity contribution in [2.75, 3.05) is 0 Å². The Bertz CT molecular complexity index is 1190. The predicted molar refractivity (Wildman–Crippen MR) is 118 cm³/mol. The van der Waals surface area contributed by atoms with Crippen molar-refractivity contribution in [3.05, 3.63) is 120 Å². The van der Waals surface area contributed by atoms with Crippen molar-refractivity contribution in [2.24, 2.45) is 10.8 Å². The zero-order chi connectivity index (χ0) is 21.6. The van der Waals surface area contributed by atoms with Gasteiger partial charge in [-0.2, -0.15) is 10.2 Å². The van der Waals surface area contributed by atoms with Gasteiger partial charge in [-0.05, 0) is 12.1 Å². The molecule has 2 amide bonds. The number of para-hydroxylation sites is 1. The third-order valence-corrected chi connectivity index (χ3v) is 4.56. The van der Waals surface area contributed by atoms with E-state index in [-0.39, 0.29) is 11.4 Å². The molecule has 0 radical (unpaired) electrons. The standard InChI is InChI=1S/C24H19N5O2/c25-23(30)21-16-20(28-29(21)19-14-8-3-9-15-19)24(31)27-26-22(17-10-4-1-5-11-17)18-12-6-2-7-13-18/h1-16H,(H2,25,30)(H,27,31). The van der Waals surface area contributed by atoms with Gasteiger partial charge >= 0.3 is 0 Å². The molecule has 0 bridgehead atoms. The number of amides is 2. The van der Waals surface area contributed by atoms with Gasteiger partial charge in [0.05, 0.1) is 11.4 Å². The lowest BCUT2D eigenvalue weighted by atomic mass is 10.0. The van der Waals surface area contributed by atoms with Gasteiger partial charge in [0.1, 0.15) is 5.69 Å². The zero-order valence-electron chi connectivity index (χ0n) is 16.5. The summed E-state index contributed by atoms with van der Waals surface area (Å²) in [4.78, 5) is 24.7. The third-order valence-electron chi connectivity index (χ3n) is 4.56. The average molecular weight is 409 g/mol. The number of rotatable bonds is 6. The maximum Gasteiger partial charge on any atom is 0.291 e. The van der Waals surface area contributed by atoms with Crippen LogP contribution in [0.2, 0.25) is 0 Å². The zero-order valence-corrected chi connectivity index (χ0v) is 16.5. The second-order valence-electron chi connectivity index (χ2n) is 6.66. The van der Waals surface area contributed by atoms with Crippen LogP contribution < -0.4 is 11.2 Å². The molecular formula is C24H19N5O2. The van der Waals surface area contributed by atoms with Crippen molar-refractivity contribution in [1.82, 2.24) is 15.2 Å². The van der Waals surface area contributed by atoms with E-state index >= 15 is 0 Å². The summed E-state index contributed by atoms with van der Waals surface area (Å²) in [6, 6.07) is 29.4. The number of hydrazone groups is 1. The van der Waals surface area contributed by atoms with Crippen molar-refractivity contribution in [2.45, 2.75) is 0 Å². The predicted octanol–water partition coefficient (Wildman–Crippen LogP) is 3.15. The molecule has 3 aromatic carbocycles. The Morgan fingerprint density at radius 2 is 1.32 bits per heavy atom. The van der Waals surface area contributed by atoms with E-state index in [0.29, 0.717) is 11.4 Å². The van der Waals surface area contributed by atoms with E-state index in [9.17, 15) is 9.59 Å². The number of benzene rings is 3. The van der Waals surface area contributed by atoms with E-state index in [2.05, 4.69) is 15.6 Å². The molecule has 0 fully saturated rings. The summed E-state index contributed by atoms with van der Waals surface area (Å²) in [5.41, 5.74) is 11.1. The minimum atomic E-state index is -0.687. The largest absolute Gasteiger partial charge is 0.364 e. The number of hydrogen-bond acceptors (Lipinski definition) is 4. The summed E-state index contributed by atoms with van der Waals surface area (Å²) in [6.45, 7) is 0. The van der Waals surface area contributed by atoms with Crippen molar-refractivity contribution in [1.29, 1.82) is 0 Å². The first kappa shape index (κ1) is 19.8. The van der Waals surface area contributed by atoms with E-state index in [0.717, 1.165) is 11.1 Å². The SMILES string of the molecule is NC(=O)c1cc(C(=O)NN=C(c2ccccc2)c2ccccc2)nn1-c1ccccc1. The Balaban J connectivity index is 1.67. The Kier molecular flexibility index (Phi) is 5.66. The average Bonchev–Trinajstić information content (AvgIpc) is 3.27. The number of carbonyl (C=O) groups excluding carboxylic acids is 2. The van der Waals surface area contributed by atoms with Crippen LogP contribution in [0.1, 0.15) is 32.1 Å². The highest BCUT2D eigenvalue weighted by molar-refractivity contribution is 6.13. The number of nitrogens with two attached hydrogens (primary N) is 1. The fourth-order valence-corrected chi connectivity index (χ4v) is 3.09. The van der Waals surface area contributed by atoms with E-state index < -0.39 is 11.8 Å². The summed E-state index contributed by atoms with van der Waals surface area (Å²) in [5.74, 6) is -1.24. The molecule has 0 aliphatic heterocycles. The minimum Gasteiger partial charge on any atom is -0.364 e. The molecule has 31 heavy (non-hydrogen) atoms. The summed E-state index contributed by atoms with van der Waals surface area (Å²) < 4.78 is 1.34. The van der Waals surface area contributed by atoms with Gasteiger partial charge in [-0.3, -0.25) is 9.59 Å². The molecule has 0 saturated heterocycles. The van der Waals surface area contributed by atoms with E-state index in [1.165, 1.54) is 10.7 Å². The molecule has 0 spiro atoms. The molecule has 7 heteroatoms. The highest BCUT2D eigenvalue weighted by atomic mass is 16.2. The molecular weight excluding hydrogens is 390 g/mol. The monoisotopic (exact) mass is 409 g/mol. The molecule has 3 N–H and O–H groups in total. The Hall–Kier alpha value is -4.52. The molecule has 0 atom stereocenters. The first-order valence-corrected chi connectivity index (χ1v) is 9.57. The number of primary amides is 1. The van der Waals surface area contributed by atoms with Crippen LogP contribution in [0.4, 0.5) is 0 Å². The first-order chi connectivity index (χ1) is 15.1. The lowest BCUT2D eigenvalue weighted by molar-refractivity contribution is 0.0948. The van der Waals surface area contributed by atoms with Crippen molar-refractivity contribution in [3.63, 3.8) is 0 Å². The smallest absolute Gasteiger partial charge is 0.291 e. The van der Waals surface area contributed by atoms with Crippen LogP contribution in [-0.4, -0.2) is 27.3 Å². The molecule has 4 rings (SSSR count). The van der Waals surface area contributed by atoms with Gasteiger partial charge < -0.3 is 5.73 Å². The van der Waals surface area contributed by atoms with E-state index in [1.807, 2.05) is 66.7 Å². The van der Waals surface area contributed by atoms with E-state index in [4.69, 9.17) is 5.73 Å². The molecule has 0 unspecified atom stereocenters. The highest BCUT2D eigenvalue weighted by Gasteiger charge is 2.19. The van der Waals surface area contributed by atoms with Gasteiger partial charge in [0.15, 0.2) is 5.69 Å². The number of hydrogen-bond donors (Lipinski definition) is 2. The Morgan fingerprint density at radius 3 is 1.84 bits per heavy atom. The van der Waals surface area contributed by atoms with Crippen LogP contribution in [0.15, 0.2) is 102 Å². The maximum absolute atomic E-state index is 12.8. The Morgan fingerprint density at radius 1 is 0.806 bits per heavy atom. The summed E-state index contributed by atoms with van der Waals surface area (Å²) in [6.07, 6.45) is 0. The fraction of sp³-hybridized carbons (Fsp3) is 0. The van der Waals surface area contributed by atoms with Gasteiger partial charge in [0.25, 0.3) is 11.8 Å². The number of nitrogens with zero attached hydrogens (tertiary/aromatic N) is 3. The molecule has 0 aliphatic carbocycles. The number of aromatic nitrogens is 2. The van der Waals surface area contributed by atoms with Gasteiger partial charge in [-0.15, -0.1) is 0 Å². The normalized spacial score (nSPS) is 10.3. The first-order valence-electron chi connectivity index (χ1n) is 9.57. The van der Waals surface area contributed by atoms with Gasteiger partial charge in [-0.1, -0.05) is 78.9 Å². The van der Waals surface area contributed by atoms with E-state index in [1.54, 1.807) is 24.3 Å². The molecule has 4 aromatic rings. The lowest BCUT2D eigenvalue weighted by Gasteiger charge is -2.07. The summed E-state index contributed by atoms with van der Waals surface area (Å²) in [7, 11) is 0. The van der Waals surface area contributed by atoms with Crippen molar-refractivity contribution >= 4 is 17.5 Å². The second-order valence-corrected chi connectivity index (χ2v) is 6.66.